The summed E-state index contributed by atoms with van der Waals surface area (Å²) in [5.41, 5.74) is 4.75. The summed E-state index contributed by atoms with van der Waals surface area (Å²) in [4.78, 5) is 19.3. The Hall–Kier alpha value is -2.99. The van der Waals surface area contributed by atoms with E-state index in [1.165, 1.54) is 0 Å². The zero-order valence-electron chi connectivity index (χ0n) is 12.5. The Morgan fingerprint density at radius 2 is 1.87 bits per heavy atom. The molecule has 1 unspecified atom stereocenters. The van der Waals surface area contributed by atoms with Gasteiger partial charge < -0.3 is 10.1 Å². The SMILES string of the molecule is CC(O)/C(=N\Nc1ccccc1)c1nc2ccccc2[nH]c1=O. The highest BCUT2D eigenvalue weighted by molar-refractivity contribution is 6.02. The lowest BCUT2D eigenvalue weighted by Crippen LogP contribution is -2.29. The Balaban J connectivity index is 2.04. The summed E-state index contributed by atoms with van der Waals surface area (Å²) < 4.78 is 0. The molecule has 1 atom stereocenters. The molecule has 0 spiro atoms. The first-order valence-electron chi connectivity index (χ1n) is 7.21. The third-order valence-electron chi connectivity index (χ3n) is 3.32. The number of nitrogens with zero attached hydrogens (tertiary/aromatic N) is 2. The van der Waals surface area contributed by atoms with Gasteiger partial charge in [0, 0.05) is 0 Å². The van der Waals surface area contributed by atoms with Crippen LogP contribution in [-0.2, 0) is 0 Å². The minimum absolute atomic E-state index is 0.0992. The molecule has 0 aliphatic carbocycles. The van der Waals surface area contributed by atoms with E-state index in [9.17, 15) is 9.90 Å². The van der Waals surface area contributed by atoms with Crippen LogP contribution in [0.2, 0.25) is 0 Å². The van der Waals surface area contributed by atoms with Crippen LogP contribution in [0.25, 0.3) is 11.0 Å². The van der Waals surface area contributed by atoms with Crippen LogP contribution in [0.3, 0.4) is 0 Å². The molecule has 3 aromatic rings. The van der Waals surface area contributed by atoms with Gasteiger partial charge in [-0.15, -0.1) is 0 Å². The maximum absolute atomic E-state index is 12.3. The van der Waals surface area contributed by atoms with Gasteiger partial charge in [0.05, 0.1) is 22.8 Å². The van der Waals surface area contributed by atoms with Gasteiger partial charge in [-0.1, -0.05) is 30.3 Å². The molecule has 0 fully saturated rings. The first-order valence-corrected chi connectivity index (χ1v) is 7.21. The predicted molar refractivity (Wildman–Crippen MR) is 90.6 cm³/mol. The molecule has 3 rings (SSSR count). The number of anilines is 1. The Kier molecular flexibility index (Phi) is 4.16. The molecule has 1 aromatic heterocycles. The van der Waals surface area contributed by atoms with Crippen molar-refractivity contribution in [2.45, 2.75) is 13.0 Å². The molecule has 0 aliphatic rings. The van der Waals surface area contributed by atoms with Crippen molar-refractivity contribution in [1.82, 2.24) is 9.97 Å². The largest absolute Gasteiger partial charge is 0.387 e. The fourth-order valence-corrected chi connectivity index (χ4v) is 2.18. The van der Waals surface area contributed by atoms with E-state index in [1.54, 1.807) is 19.1 Å². The van der Waals surface area contributed by atoms with Crippen molar-refractivity contribution in [2.75, 3.05) is 5.43 Å². The van der Waals surface area contributed by atoms with Crippen LogP contribution in [0.4, 0.5) is 5.69 Å². The number of hydrogen-bond acceptors (Lipinski definition) is 5. The van der Waals surface area contributed by atoms with Crippen molar-refractivity contribution >= 4 is 22.4 Å². The third kappa shape index (κ3) is 3.27. The van der Waals surface area contributed by atoms with E-state index in [4.69, 9.17) is 0 Å². The minimum atomic E-state index is -0.944. The molecule has 6 nitrogen and oxygen atoms in total. The summed E-state index contributed by atoms with van der Waals surface area (Å²) in [5, 5.41) is 14.1. The molecule has 23 heavy (non-hydrogen) atoms. The minimum Gasteiger partial charge on any atom is -0.387 e. The number of para-hydroxylation sites is 3. The predicted octanol–water partition coefficient (Wildman–Crippen LogP) is 2.12. The summed E-state index contributed by atoms with van der Waals surface area (Å²) in [6.07, 6.45) is -0.944. The highest BCUT2D eigenvalue weighted by Crippen LogP contribution is 2.09. The summed E-state index contributed by atoms with van der Waals surface area (Å²) in [6, 6.07) is 16.5. The highest BCUT2D eigenvalue weighted by atomic mass is 16.3. The van der Waals surface area contributed by atoms with Gasteiger partial charge in [0.2, 0.25) is 0 Å². The van der Waals surface area contributed by atoms with Crippen molar-refractivity contribution in [3.8, 4) is 0 Å². The van der Waals surface area contributed by atoms with Crippen LogP contribution < -0.4 is 11.0 Å². The fourth-order valence-electron chi connectivity index (χ4n) is 2.18. The standard InChI is InChI=1S/C17H16N4O2/c1-11(22)15(21-20-12-7-3-2-4-8-12)16-17(23)19-14-10-6-5-9-13(14)18-16/h2-11,20,22H,1H3,(H,19,23)/b21-15+. The van der Waals surface area contributed by atoms with E-state index in [1.807, 2.05) is 42.5 Å². The second kappa shape index (κ2) is 6.41. The van der Waals surface area contributed by atoms with E-state index in [-0.39, 0.29) is 11.4 Å². The van der Waals surface area contributed by atoms with Crippen molar-refractivity contribution in [2.24, 2.45) is 5.10 Å². The number of H-pyrrole nitrogens is 1. The molecule has 0 amide bonds. The molecule has 116 valence electrons. The van der Waals surface area contributed by atoms with Crippen LogP contribution in [0.15, 0.2) is 64.5 Å². The number of fused-ring (bicyclic) bond motifs is 1. The van der Waals surface area contributed by atoms with E-state index in [2.05, 4.69) is 20.5 Å². The maximum Gasteiger partial charge on any atom is 0.276 e. The van der Waals surface area contributed by atoms with Gasteiger partial charge >= 0.3 is 0 Å². The summed E-state index contributed by atoms with van der Waals surface area (Å²) in [7, 11) is 0. The van der Waals surface area contributed by atoms with Gasteiger partial charge in [-0.25, -0.2) is 4.98 Å². The second-order valence-corrected chi connectivity index (χ2v) is 5.08. The monoisotopic (exact) mass is 308 g/mol. The summed E-state index contributed by atoms with van der Waals surface area (Å²) in [6.45, 7) is 1.54. The lowest BCUT2D eigenvalue weighted by molar-refractivity contribution is 0.262. The average Bonchev–Trinajstić information content (AvgIpc) is 2.56. The molecule has 0 saturated carbocycles. The van der Waals surface area contributed by atoms with Gasteiger partial charge in [0.15, 0.2) is 5.69 Å². The molecule has 3 N–H and O–H groups in total. The summed E-state index contributed by atoms with van der Waals surface area (Å²) in [5.74, 6) is 0. The number of aliphatic hydroxyl groups is 1. The number of aromatic nitrogens is 2. The van der Waals surface area contributed by atoms with Crippen LogP contribution in [0.5, 0.6) is 0 Å². The molecule has 0 radical (unpaired) electrons. The van der Waals surface area contributed by atoms with Gasteiger partial charge in [-0.2, -0.15) is 5.10 Å². The van der Waals surface area contributed by atoms with Crippen LogP contribution >= 0.6 is 0 Å². The van der Waals surface area contributed by atoms with Gasteiger partial charge in [0.25, 0.3) is 5.56 Å². The molecular weight excluding hydrogens is 292 g/mol. The lowest BCUT2D eigenvalue weighted by Gasteiger charge is -2.10. The van der Waals surface area contributed by atoms with Crippen molar-refractivity contribution in [1.29, 1.82) is 0 Å². The summed E-state index contributed by atoms with van der Waals surface area (Å²) >= 11 is 0. The molecule has 6 heteroatoms. The maximum atomic E-state index is 12.3. The lowest BCUT2D eigenvalue weighted by atomic mass is 10.1. The molecular formula is C17H16N4O2. The molecule has 1 heterocycles. The zero-order chi connectivity index (χ0) is 16.2. The number of nitrogens with one attached hydrogen (secondary N) is 2. The van der Waals surface area contributed by atoms with Crippen molar-refractivity contribution in [3.63, 3.8) is 0 Å². The van der Waals surface area contributed by atoms with E-state index < -0.39 is 11.7 Å². The second-order valence-electron chi connectivity index (χ2n) is 5.08. The Bertz CT molecular complexity index is 901. The van der Waals surface area contributed by atoms with Gasteiger partial charge in [0.1, 0.15) is 5.71 Å². The number of benzene rings is 2. The molecule has 0 saturated heterocycles. The zero-order valence-corrected chi connectivity index (χ0v) is 12.5. The van der Waals surface area contributed by atoms with E-state index >= 15 is 0 Å². The first kappa shape index (κ1) is 14.9. The molecule has 0 bridgehead atoms. The Labute approximate surface area is 132 Å². The normalized spacial score (nSPS) is 13.0. The van der Waals surface area contributed by atoms with E-state index in [0.717, 1.165) is 5.69 Å². The van der Waals surface area contributed by atoms with Crippen LogP contribution in [0, 0.1) is 0 Å². The Morgan fingerprint density at radius 1 is 1.17 bits per heavy atom. The Morgan fingerprint density at radius 3 is 2.61 bits per heavy atom. The van der Waals surface area contributed by atoms with Gasteiger partial charge in [-0.3, -0.25) is 10.2 Å². The van der Waals surface area contributed by atoms with Crippen LogP contribution in [0.1, 0.15) is 12.6 Å². The highest BCUT2D eigenvalue weighted by Gasteiger charge is 2.17. The number of hydrogen-bond donors (Lipinski definition) is 3. The van der Waals surface area contributed by atoms with Gasteiger partial charge in [-0.05, 0) is 31.2 Å². The number of hydrazone groups is 1. The number of aliphatic hydroxyl groups excluding tert-OH is 1. The number of rotatable bonds is 4. The fraction of sp³-hybridized carbons (Fsp3) is 0.118. The van der Waals surface area contributed by atoms with E-state index in [0.29, 0.717) is 11.0 Å². The third-order valence-corrected chi connectivity index (χ3v) is 3.32. The first-order chi connectivity index (χ1) is 11.1. The van der Waals surface area contributed by atoms with Crippen molar-refractivity contribution in [3.05, 3.63) is 70.6 Å². The topological polar surface area (TPSA) is 90.4 Å². The van der Waals surface area contributed by atoms with Crippen molar-refractivity contribution < 1.29 is 5.11 Å². The quantitative estimate of drug-likeness (QED) is 0.508. The number of aromatic amines is 1. The smallest absolute Gasteiger partial charge is 0.276 e. The van der Waals surface area contributed by atoms with Crippen LogP contribution in [-0.4, -0.2) is 26.9 Å². The average molecular weight is 308 g/mol. The molecule has 2 aromatic carbocycles. The molecule has 0 aliphatic heterocycles.